The molecule has 1 atom stereocenters. The van der Waals surface area contributed by atoms with Gasteiger partial charge in [0.1, 0.15) is 5.76 Å². The Hall–Kier alpha value is -2.55. The van der Waals surface area contributed by atoms with Gasteiger partial charge in [0, 0.05) is 34.0 Å². The number of pyridine rings is 1. The van der Waals surface area contributed by atoms with Crippen LogP contribution >= 0.6 is 22.6 Å². The van der Waals surface area contributed by atoms with E-state index in [0.717, 1.165) is 21.1 Å². The first-order chi connectivity index (χ1) is 17.6. The molecular weight excluding hydrogens is 613 g/mol. The molecule has 0 saturated heterocycles. The van der Waals surface area contributed by atoms with Crippen LogP contribution in [0.15, 0.2) is 34.7 Å². The van der Waals surface area contributed by atoms with Crippen LogP contribution in [0.25, 0.3) is 22.4 Å². The van der Waals surface area contributed by atoms with Crippen LogP contribution in [0.2, 0.25) is 0 Å². The van der Waals surface area contributed by atoms with Crippen LogP contribution in [0.3, 0.4) is 0 Å². The van der Waals surface area contributed by atoms with Crippen LogP contribution in [-0.2, 0) is 17.8 Å². The lowest BCUT2D eigenvalue weighted by Crippen LogP contribution is -2.28. The first-order valence-electron chi connectivity index (χ1n) is 11.8. The lowest BCUT2D eigenvalue weighted by molar-refractivity contribution is 0.0964. The molecule has 0 spiro atoms. The Morgan fingerprint density at radius 2 is 1.86 bits per heavy atom. The molecule has 0 aliphatic heterocycles. The highest BCUT2D eigenvalue weighted by Gasteiger charge is 2.24. The smallest absolute Gasteiger partial charge is 0.503 e. The molecule has 4 rings (SSSR count). The molecule has 1 saturated carbocycles. The van der Waals surface area contributed by atoms with Gasteiger partial charge in [-0.15, -0.1) is 0 Å². The number of nitrogens with one attached hydrogen (secondary N) is 1. The van der Waals surface area contributed by atoms with Crippen molar-refractivity contribution in [1.29, 1.82) is 0 Å². The van der Waals surface area contributed by atoms with Crippen LogP contribution in [0.5, 0.6) is 0 Å². The van der Waals surface area contributed by atoms with Gasteiger partial charge in [-0.1, -0.05) is 55.5 Å². The number of aryl methyl sites for hydroxylation is 1. The Kier molecular flexibility index (Phi) is 10.4. The van der Waals surface area contributed by atoms with Crippen LogP contribution in [-0.4, -0.2) is 53.9 Å². The number of furan rings is 1. The minimum Gasteiger partial charge on any atom is -0.760 e. The monoisotopic (exact) mass is 642 g/mol. The van der Waals surface area contributed by atoms with Crippen molar-refractivity contribution in [3.63, 3.8) is 0 Å². The molecule has 1 amide bonds. The van der Waals surface area contributed by atoms with Gasteiger partial charge in [-0.2, -0.15) is 0 Å². The lowest BCUT2D eigenvalue weighted by atomic mass is 10.0. The molecule has 10 nitrogen and oxygen atoms in total. The van der Waals surface area contributed by atoms with Gasteiger partial charge < -0.3 is 24.5 Å². The summed E-state index contributed by atoms with van der Waals surface area (Å²) < 4.78 is 32.1. The fourth-order valence-corrected chi connectivity index (χ4v) is 5.49. The van der Waals surface area contributed by atoms with E-state index in [1.165, 1.54) is 30.0 Å². The van der Waals surface area contributed by atoms with Crippen molar-refractivity contribution in [2.45, 2.75) is 45.6 Å². The molecule has 2 heterocycles. The van der Waals surface area contributed by atoms with E-state index >= 15 is 0 Å². The topological polar surface area (TPSA) is 156 Å². The number of carbonyl (C=O) groups is 2. The van der Waals surface area contributed by atoms with Gasteiger partial charge in [0.2, 0.25) is 5.71 Å². The molecule has 3 N–H and O–H groups in total. The third kappa shape index (κ3) is 7.72. The Bertz CT molecular complexity index is 1270. The lowest BCUT2D eigenvalue weighted by Gasteiger charge is -2.25. The summed E-state index contributed by atoms with van der Waals surface area (Å²) in [5, 5.41) is 17.2. The number of carboxylic acid groups (broad SMARTS) is 2. The number of aromatic nitrogens is 1. The normalized spacial score (nSPS) is 14.4. The van der Waals surface area contributed by atoms with Crippen molar-refractivity contribution < 1.29 is 33.0 Å². The van der Waals surface area contributed by atoms with E-state index in [9.17, 15) is 13.6 Å². The molecule has 200 valence electrons. The predicted molar refractivity (Wildman–Crippen MR) is 147 cm³/mol. The maximum atomic E-state index is 12.7. The summed E-state index contributed by atoms with van der Waals surface area (Å²) in [5.74, 6) is 0.798. The third-order valence-electron chi connectivity index (χ3n) is 6.28. The summed E-state index contributed by atoms with van der Waals surface area (Å²) in [4.78, 5) is 25.9. The van der Waals surface area contributed by atoms with Gasteiger partial charge in [0.05, 0.1) is 23.2 Å². The predicted octanol–water partition coefficient (Wildman–Crippen LogP) is 5.17. The van der Waals surface area contributed by atoms with Crippen molar-refractivity contribution in [2.24, 2.45) is 5.92 Å². The number of hydrogen-bond donors (Lipinski definition) is 3. The third-order valence-corrected chi connectivity index (χ3v) is 7.94. The van der Waals surface area contributed by atoms with E-state index in [1.54, 1.807) is 7.05 Å². The first-order valence-corrected chi connectivity index (χ1v) is 13.9. The molecule has 37 heavy (non-hydrogen) atoms. The maximum absolute atomic E-state index is 12.7. The number of nitrogens with zero attached hydrogens (tertiary/aromatic N) is 2. The summed E-state index contributed by atoms with van der Waals surface area (Å²) in [5.41, 5.74) is 3.26. The van der Waals surface area contributed by atoms with E-state index in [1.807, 2.05) is 37.3 Å². The number of benzene rings is 1. The Labute approximate surface area is 231 Å². The van der Waals surface area contributed by atoms with E-state index < -0.39 is 17.4 Å². The number of hydrogen-bond acceptors (Lipinski definition) is 6. The van der Waals surface area contributed by atoms with E-state index in [4.69, 9.17) is 19.4 Å². The number of rotatable bonds is 8. The highest BCUT2D eigenvalue weighted by molar-refractivity contribution is 14.1. The quantitative estimate of drug-likeness (QED) is 0.225. The summed E-state index contributed by atoms with van der Waals surface area (Å²) in [6, 6.07) is 9.61. The highest BCUT2D eigenvalue weighted by atomic mass is 127. The van der Waals surface area contributed by atoms with E-state index in [2.05, 4.69) is 32.9 Å². The number of fused-ring (bicyclic) bond motifs is 1. The van der Waals surface area contributed by atoms with Crippen molar-refractivity contribution in [1.82, 2.24) is 14.6 Å². The zero-order chi connectivity index (χ0) is 27.1. The van der Waals surface area contributed by atoms with Crippen molar-refractivity contribution in [3.05, 3.63) is 50.7 Å². The zero-order valence-corrected chi connectivity index (χ0v) is 23.5. The molecule has 1 fully saturated rings. The standard InChI is InChI=1S/C24H28IN3O4S.CH2O3/c1-15-7-9-17(10-8-15)22-21(23(29)26-2)18-13-19(25)20(27-24(18)32-22)14-28(33(30)31)12-11-16-5-3-4-6-16;2-1(3)4/h7-10,13,16H,3-6,11-12,14H2,1-2H3,(H,26,29)(H,30,31);(H2,2,3,4)/p-1. The number of amides is 1. The Balaban J connectivity index is 0.000000886. The minimum atomic E-state index is -2.34. The fraction of sp³-hybridized carbons (Fsp3) is 0.400. The van der Waals surface area contributed by atoms with Gasteiger partial charge in [0.25, 0.3) is 5.91 Å². The fourth-order valence-electron chi connectivity index (χ4n) is 4.40. The Morgan fingerprint density at radius 1 is 1.24 bits per heavy atom. The largest absolute Gasteiger partial charge is 0.760 e. The molecule has 1 aromatic carbocycles. The van der Waals surface area contributed by atoms with Gasteiger partial charge in [-0.25, -0.2) is 14.1 Å². The zero-order valence-electron chi connectivity index (χ0n) is 20.5. The van der Waals surface area contributed by atoms with E-state index in [0.29, 0.717) is 40.6 Å². The van der Waals surface area contributed by atoms with Crippen LogP contribution in [0, 0.1) is 16.4 Å². The SMILES string of the molecule is CNC(=O)c1c(-c2ccc(C)cc2)oc2nc(CN(CCC3CCCC3)S(=O)[O-])c(I)cc12.O=C(O)O. The highest BCUT2D eigenvalue weighted by Crippen LogP contribution is 2.35. The van der Waals surface area contributed by atoms with Gasteiger partial charge in [-0.3, -0.25) is 9.00 Å². The second kappa shape index (κ2) is 13.3. The van der Waals surface area contributed by atoms with Gasteiger partial charge in [0.15, 0.2) is 0 Å². The molecule has 1 aliphatic carbocycles. The van der Waals surface area contributed by atoms with E-state index in [-0.39, 0.29) is 12.5 Å². The second-order valence-corrected chi connectivity index (χ2v) is 10.9. The number of halogens is 1. The molecule has 1 aliphatic rings. The average Bonchev–Trinajstić information content (AvgIpc) is 3.49. The molecule has 3 aromatic rings. The van der Waals surface area contributed by atoms with Crippen LogP contribution in [0.1, 0.15) is 53.7 Å². The molecule has 2 aromatic heterocycles. The summed E-state index contributed by atoms with van der Waals surface area (Å²) in [7, 11) is 1.58. The van der Waals surface area contributed by atoms with Crippen LogP contribution < -0.4 is 5.32 Å². The van der Waals surface area contributed by atoms with Crippen LogP contribution in [0.4, 0.5) is 4.79 Å². The summed E-state index contributed by atoms with van der Waals surface area (Å²) in [6.07, 6.45) is 3.86. The Morgan fingerprint density at radius 3 is 2.43 bits per heavy atom. The van der Waals surface area contributed by atoms with Gasteiger partial charge in [-0.05, 0) is 47.9 Å². The summed E-state index contributed by atoms with van der Waals surface area (Å²) >= 11 is -0.192. The van der Waals surface area contributed by atoms with Crippen molar-refractivity contribution in [2.75, 3.05) is 13.6 Å². The van der Waals surface area contributed by atoms with Crippen molar-refractivity contribution in [3.8, 4) is 11.3 Å². The van der Waals surface area contributed by atoms with Gasteiger partial charge >= 0.3 is 6.16 Å². The molecule has 1 unspecified atom stereocenters. The maximum Gasteiger partial charge on any atom is 0.503 e. The first kappa shape index (κ1) is 29.0. The molecule has 0 radical (unpaired) electrons. The molecule has 12 heteroatoms. The molecule has 0 bridgehead atoms. The average molecular weight is 642 g/mol. The minimum absolute atomic E-state index is 0.174. The number of carbonyl (C=O) groups excluding carboxylic acids is 1. The summed E-state index contributed by atoms with van der Waals surface area (Å²) in [6.45, 7) is 2.65. The van der Waals surface area contributed by atoms with Crippen molar-refractivity contribution >= 4 is 57.0 Å². The molecular formula is C25H29IN3O7S-. The second-order valence-electron chi connectivity index (χ2n) is 8.82.